The second-order valence-corrected chi connectivity index (χ2v) is 5.82. The Morgan fingerprint density at radius 3 is 2.65 bits per heavy atom. The molecule has 1 aromatic carbocycles. The molecule has 1 N–H and O–H groups in total. The molecular weight excluding hydrogens is 248 g/mol. The number of hydrogen-bond acceptors (Lipinski definition) is 2. The highest BCUT2D eigenvalue weighted by Crippen LogP contribution is 2.27. The molecule has 0 spiro atoms. The molecule has 0 bridgehead atoms. The van der Waals surface area contributed by atoms with E-state index >= 15 is 0 Å². The van der Waals surface area contributed by atoms with Gasteiger partial charge in [0.15, 0.2) is 0 Å². The normalized spacial score (nSPS) is 15.2. The van der Waals surface area contributed by atoms with Crippen LogP contribution < -0.4 is 10.2 Å². The zero-order valence-electron chi connectivity index (χ0n) is 12.5. The minimum absolute atomic E-state index is 0.235. The van der Waals surface area contributed by atoms with Gasteiger partial charge >= 0.3 is 0 Å². The molecule has 1 fully saturated rings. The van der Waals surface area contributed by atoms with Crippen LogP contribution in [0.2, 0.25) is 0 Å². The second-order valence-electron chi connectivity index (χ2n) is 5.82. The molecular formula is C17H26N2O. The highest BCUT2D eigenvalue weighted by Gasteiger charge is 2.17. The Labute approximate surface area is 122 Å². The van der Waals surface area contributed by atoms with Crippen LogP contribution in [0.3, 0.4) is 0 Å². The molecule has 0 heterocycles. The van der Waals surface area contributed by atoms with Gasteiger partial charge in [0.1, 0.15) is 0 Å². The van der Waals surface area contributed by atoms with Crippen molar-refractivity contribution in [3.05, 3.63) is 30.3 Å². The predicted octanol–water partition coefficient (Wildman–Crippen LogP) is 3.21. The molecule has 0 atom stereocenters. The van der Waals surface area contributed by atoms with Gasteiger partial charge < -0.3 is 10.2 Å². The lowest BCUT2D eigenvalue weighted by molar-refractivity contribution is -0.121. The van der Waals surface area contributed by atoms with Gasteiger partial charge in [0.05, 0.1) is 0 Å². The summed E-state index contributed by atoms with van der Waals surface area (Å²) in [5.41, 5.74) is 1.23. The smallest absolute Gasteiger partial charge is 0.220 e. The number of rotatable bonds is 7. The zero-order chi connectivity index (χ0) is 14.2. The maximum absolute atomic E-state index is 11.8. The quantitative estimate of drug-likeness (QED) is 0.774. The molecule has 3 heteroatoms. The first-order valence-corrected chi connectivity index (χ1v) is 7.78. The van der Waals surface area contributed by atoms with Crippen LogP contribution in [0.15, 0.2) is 30.3 Å². The Balaban J connectivity index is 1.58. The van der Waals surface area contributed by atoms with Crippen LogP contribution in [0.25, 0.3) is 0 Å². The Morgan fingerprint density at radius 1 is 1.25 bits per heavy atom. The van der Waals surface area contributed by atoms with Crippen molar-refractivity contribution in [1.82, 2.24) is 5.32 Å². The standard InChI is InChI=1S/C17H26N2O/c1-19(16-10-3-2-4-11-16)13-7-12-18-17(20)14-15-8-5-6-9-15/h2-4,10-11,15H,5-9,12-14H2,1H3,(H,18,20). The van der Waals surface area contributed by atoms with Crippen molar-refractivity contribution in [2.24, 2.45) is 5.92 Å². The van der Waals surface area contributed by atoms with Gasteiger partial charge in [-0.25, -0.2) is 0 Å². The third kappa shape index (κ3) is 4.87. The molecule has 2 rings (SSSR count). The summed E-state index contributed by atoms with van der Waals surface area (Å²) in [5, 5.41) is 3.05. The van der Waals surface area contributed by atoms with E-state index in [1.807, 2.05) is 6.07 Å². The molecule has 0 aromatic heterocycles. The number of hydrogen-bond donors (Lipinski definition) is 1. The van der Waals surface area contributed by atoms with Gasteiger partial charge in [-0.2, -0.15) is 0 Å². The van der Waals surface area contributed by atoms with Gasteiger partial charge in [0.2, 0.25) is 5.91 Å². The summed E-state index contributed by atoms with van der Waals surface area (Å²) in [6.45, 7) is 1.75. The molecule has 20 heavy (non-hydrogen) atoms. The van der Waals surface area contributed by atoms with E-state index in [9.17, 15) is 4.79 Å². The second kappa shape index (κ2) is 7.93. The number of amides is 1. The Kier molecular flexibility index (Phi) is 5.90. The molecule has 1 amide bonds. The number of benzene rings is 1. The number of nitrogens with zero attached hydrogens (tertiary/aromatic N) is 1. The van der Waals surface area contributed by atoms with Crippen LogP contribution in [0.1, 0.15) is 38.5 Å². The third-order valence-electron chi connectivity index (χ3n) is 4.14. The Hall–Kier alpha value is -1.51. The van der Waals surface area contributed by atoms with Crippen LogP contribution in [-0.4, -0.2) is 26.0 Å². The van der Waals surface area contributed by atoms with E-state index < -0.39 is 0 Å². The topological polar surface area (TPSA) is 32.3 Å². The van der Waals surface area contributed by atoms with Crippen molar-refractivity contribution in [1.29, 1.82) is 0 Å². The van der Waals surface area contributed by atoms with Crippen molar-refractivity contribution >= 4 is 11.6 Å². The van der Waals surface area contributed by atoms with Crippen LogP contribution >= 0.6 is 0 Å². The lowest BCUT2D eigenvalue weighted by atomic mass is 10.0. The molecule has 3 nitrogen and oxygen atoms in total. The molecule has 1 saturated carbocycles. The van der Waals surface area contributed by atoms with Crippen molar-refractivity contribution in [2.45, 2.75) is 38.5 Å². The van der Waals surface area contributed by atoms with E-state index in [2.05, 4.69) is 41.5 Å². The summed E-state index contributed by atoms with van der Waals surface area (Å²) in [4.78, 5) is 14.0. The van der Waals surface area contributed by atoms with Crippen LogP contribution in [0.4, 0.5) is 5.69 Å². The fraction of sp³-hybridized carbons (Fsp3) is 0.588. The molecule has 0 saturated heterocycles. The average Bonchev–Trinajstić information content (AvgIpc) is 2.97. The third-order valence-corrected chi connectivity index (χ3v) is 4.14. The maximum atomic E-state index is 11.8. The van der Waals surface area contributed by atoms with Crippen LogP contribution in [-0.2, 0) is 4.79 Å². The van der Waals surface area contributed by atoms with Gasteiger partial charge in [-0.15, -0.1) is 0 Å². The predicted molar refractivity (Wildman–Crippen MR) is 83.9 cm³/mol. The number of anilines is 1. The van der Waals surface area contributed by atoms with Gasteiger partial charge in [0.25, 0.3) is 0 Å². The van der Waals surface area contributed by atoms with Gasteiger partial charge in [-0.3, -0.25) is 4.79 Å². The van der Waals surface area contributed by atoms with Crippen molar-refractivity contribution in [2.75, 3.05) is 25.0 Å². The number of carbonyl (C=O) groups excluding carboxylic acids is 1. The molecule has 0 unspecified atom stereocenters. The average molecular weight is 274 g/mol. The minimum atomic E-state index is 0.235. The van der Waals surface area contributed by atoms with E-state index in [0.717, 1.165) is 25.9 Å². The Morgan fingerprint density at radius 2 is 1.95 bits per heavy atom. The van der Waals surface area contributed by atoms with Gasteiger partial charge in [-0.1, -0.05) is 31.0 Å². The fourth-order valence-corrected chi connectivity index (χ4v) is 2.90. The van der Waals surface area contributed by atoms with Gasteiger partial charge in [-0.05, 0) is 37.3 Å². The number of nitrogens with one attached hydrogen (secondary N) is 1. The van der Waals surface area contributed by atoms with E-state index in [1.165, 1.54) is 31.4 Å². The van der Waals surface area contributed by atoms with Crippen molar-refractivity contribution in [3.63, 3.8) is 0 Å². The number of carbonyl (C=O) groups is 1. The molecule has 1 aromatic rings. The summed E-state index contributed by atoms with van der Waals surface area (Å²) in [6, 6.07) is 10.3. The molecule has 0 aliphatic heterocycles. The first kappa shape index (κ1) is 14.9. The maximum Gasteiger partial charge on any atom is 0.220 e. The SMILES string of the molecule is CN(CCCNC(=O)CC1CCCC1)c1ccccc1. The van der Waals surface area contributed by atoms with E-state index in [1.54, 1.807) is 0 Å². The Bertz CT molecular complexity index is 399. The summed E-state index contributed by atoms with van der Waals surface area (Å²) in [5.74, 6) is 0.876. The minimum Gasteiger partial charge on any atom is -0.375 e. The summed E-state index contributed by atoms with van der Waals surface area (Å²) in [6.07, 6.45) is 6.81. The summed E-state index contributed by atoms with van der Waals surface area (Å²) in [7, 11) is 2.09. The first-order valence-electron chi connectivity index (χ1n) is 7.78. The van der Waals surface area contributed by atoms with E-state index in [-0.39, 0.29) is 5.91 Å². The monoisotopic (exact) mass is 274 g/mol. The molecule has 1 aliphatic rings. The first-order chi connectivity index (χ1) is 9.75. The van der Waals surface area contributed by atoms with Crippen molar-refractivity contribution in [3.8, 4) is 0 Å². The largest absolute Gasteiger partial charge is 0.375 e. The van der Waals surface area contributed by atoms with Gasteiger partial charge in [0, 0.05) is 32.2 Å². The van der Waals surface area contributed by atoms with Crippen LogP contribution in [0, 0.1) is 5.92 Å². The lowest BCUT2D eigenvalue weighted by Gasteiger charge is -2.19. The van der Waals surface area contributed by atoms with E-state index in [0.29, 0.717) is 5.92 Å². The molecule has 1 aliphatic carbocycles. The molecule has 0 radical (unpaired) electrons. The van der Waals surface area contributed by atoms with Crippen molar-refractivity contribution < 1.29 is 4.79 Å². The number of para-hydroxylation sites is 1. The summed E-state index contributed by atoms with van der Waals surface area (Å²) >= 11 is 0. The van der Waals surface area contributed by atoms with Crippen LogP contribution in [0.5, 0.6) is 0 Å². The fourth-order valence-electron chi connectivity index (χ4n) is 2.90. The molecule has 110 valence electrons. The van der Waals surface area contributed by atoms with E-state index in [4.69, 9.17) is 0 Å². The zero-order valence-corrected chi connectivity index (χ0v) is 12.5. The highest BCUT2D eigenvalue weighted by atomic mass is 16.1. The highest BCUT2D eigenvalue weighted by molar-refractivity contribution is 5.76. The lowest BCUT2D eigenvalue weighted by Crippen LogP contribution is -2.29. The summed E-state index contributed by atoms with van der Waals surface area (Å²) < 4.78 is 0.